The SMILES string of the molecule is O=C(Nc1ncccn1)c1ccc(N(O)C2CCCCC2)cc1. The van der Waals surface area contributed by atoms with Crippen LogP contribution in [0.2, 0.25) is 0 Å². The molecule has 1 saturated carbocycles. The van der Waals surface area contributed by atoms with Gasteiger partial charge in [0.1, 0.15) is 0 Å². The molecule has 6 nitrogen and oxygen atoms in total. The molecule has 0 unspecified atom stereocenters. The van der Waals surface area contributed by atoms with Crippen LogP contribution < -0.4 is 10.4 Å². The van der Waals surface area contributed by atoms with E-state index in [0.29, 0.717) is 11.3 Å². The second kappa shape index (κ2) is 7.19. The van der Waals surface area contributed by atoms with E-state index in [0.717, 1.165) is 25.7 Å². The molecule has 0 radical (unpaired) electrons. The van der Waals surface area contributed by atoms with Gasteiger partial charge in [-0.15, -0.1) is 0 Å². The average molecular weight is 312 g/mol. The number of rotatable bonds is 4. The minimum Gasteiger partial charge on any atom is -0.290 e. The van der Waals surface area contributed by atoms with Crippen LogP contribution in [-0.2, 0) is 0 Å². The minimum atomic E-state index is -0.273. The summed E-state index contributed by atoms with van der Waals surface area (Å²) in [6, 6.07) is 8.76. The monoisotopic (exact) mass is 312 g/mol. The van der Waals surface area contributed by atoms with E-state index in [-0.39, 0.29) is 17.9 Å². The zero-order valence-corrected chi connectivity index (χ0v) is 12.9. The van der Waals surface area contributed by atoms with Crippen molar-refractivity contribution in [1.82, 2.24) is 9.97 Å². The molecule has 1 heterocycles. The third-order valence-corrected chi connectivity index (χ3v) is 4.11. The third-order valence-electron chi connectivity index (χ3n) is 4.11. The number of hydroxylamine groups is 1. The quantitative estimate of drug-likeness (QED) is 0.847. The lowest BCUT2D eigenvalue weighted by Gasteiger charge is -2.30. The minimum absolute atomic E-state index is 0.168. The first-order valence-corrected chi connectivity index (χ1v) is 7.90. The van der Waals surface area contributed by atoms with Crippen LogP contribution in [0.3, 0.4) is 0 Å². The first-order chi connectivity index (χ1) is 11.2. The molecular weight excluding hydrogens is 292 g/mol. The van der Waals surface area contributed by atoms with Gasteiger partial charge in [0, 0.05) is 18.0 Å². The van der Waals surface area contributed by atoms with E-state index in [2.05, 4.69) is 15.3 Å². The Labute approximate surface area is 135 Å². The van der Waals surface area contributed by atoms with E-state index in [4.69, 9.17) is 0 Å². The predicted molar refractivity (Wildman–Crippen MR) is 87.6 cm³/mol. The Morgan fingerprint density at radius 1 is 1.09 bits per heavy atom. The molecule has 0 bridgehead atoms. The summed E-state index contributed by atoms with van der Waals surface area (Å²) in [5, 5.41) is 14.3. The number of hydrogen-bond acceptors (Lipinski definition) is 5. The summed E-state index contributed by atoms with van der Waals surface area (Å²) in [7, 11) is 0. The first-order valence-electron chi connectivity index (χ1n) is 7.90. The van der Waals surface area contributed by atoms with Crippen molar-refractivity contribution in [2.45, 2.75) is 38.1 Å². The standard InChI is InChI=1S/C17H20N4O2/c22-16(20-17-18-11-4-12-19-17)13-7-9-15(10-8-13)21(23)14-5-2-1-3-6-14/h4,7-12,14,23H,1-3,5-6H2,(H,18,19,20,22). The van der Waals surface area contributed by atoms with Crippen LogP contribution in [-0.4, -0.2) is 27.1 Å². The van der Waals surface area contributed by atoms with Crippen LogP contribution in [0.4, 0.5) is 11.6 Å². The van der Waals surface area contributed by atoms with Gasteiger partial charge >= 0.3 is 0 Å². The van der Waals surface area contributed by atoms with Gasteiger partial charge in [-0.3, -0.25) is 20.4 Å². The smallest absolute Gasteiger partial charge is 0.258 e. The number of amides is 1. The number of nitrogens with one attached hydrogen (secondary N) is 1. The number of benzene rings is 1. The van der Waals surface area contributed by atoms with Crippen LogP contribution in [0, 0.1) is 0 Å². The van der Waals surface area contributed by atoms with Crippen molar-refractivity contribution < 1.29 is 10.0 Å². The normalized spacial score (nSPS) is 15.2. The van der Waals surface area contributed by atoms with Crippen molar-refractivity contribution in [3.05, 3.63) is 48.3 Å². The molecule has 0 aliphatic heterocycles. The summed E-state index contributed by atoms with van der Waals surface area (Å²) in [6.07, 6.45) is 8.69. The third kappa shape index (κ3) is 3.84. The molecule has 1 aliphatic carbocycles. The Morgan fingerprint density at radius 3 is 2.39 bits per heavy atom. The zero-order chi connectivity index (χ0) is 16.1. The van der Waals surface area contributed by atoms with E-state index in [9.17, 15) is 10.0 Å². The lowest BCUT2D eigenvalue weighted by atomic mass is 9.95. The van der Waals surface area contributed by atoms with E-state index in [1.54, 1.807) is 42.7 Å². The topological polar surface area (TPSA) is 78.4 Å². The van der Waals surface area contributed by atoms with Gasteiger partial charge in [0.15, 0.2) is 0 Å². The van der Waals surface area contributed by atoms with Gasteiger partial charge in [0.05, 0.1) is 11.7 Å². The molecule has 120 valence electrons. The second-order valence-electron chi connectivity index (χ2n) is 5.71. The highest BCUT2D eigenvalue weighted by Crippen LogP contribution is 2.26. The molecular formula is C17H20N4O2. The van der Waals surface area contributed by atoms with Gasteiger partial charge in [-0.25, -0.2) is 9.97 Å². The van der Waals surface area contributed by atoms with Gasteiger partial charge in [-0.05, 0) is 43.2 Å². The zero-order valence-electron chi connectivity index (χ0n) is 12.9. The number of carbonyl (C=O) groups is 1. The van der Waals surface area contributed by atoms with Crippen molar-refractivity contribution in [2.24, 2.45) is 0 Å². The Hall–Kier alpha value is -2.47. The second-order valence-corrected chi connectivity index (χ2v) is 5.71. The number of carbonyl (C=O) groups excluding carboxylic acids is 1. The summed E-state index contributed by atoms with van der Waals surface area (Å²) in [5.74, 6) is -0.00234. The van der Waals surface area contributed by atoms with Crippen LogP contribution in [0.25, 0.3) is 0 Å². The molecule has 1 fully saturated rings. The summed E-state index contributed by atoms with van der Waals surface area (Å²) in [6.45, 7) is 0. The molecule has 6 heteroatoms. The molecule has 2 N–H and O–H groups in total. The molecule has 2 aromatic rings. The molecule has 3 rings (SSSR count). The maximum absolute atomic E-state index is 12.1. The van der Waals surface area contributed by atoms with Gasteiger partial charge in [-0.2, -0.15) is 0 Å². The van der Waals surface area contributed by atoms with Crippen molar-refractivity contribution in [3.8, 4) is 0 Å². The maximum Gasteiger partial charge on any atom is 0.258 e. The Morgan fingerprint density at radius 2 is 1.74 bits per heavy atom. The predicted octanol–water partition coefficient (Wildman–Crippen LogP) is 3.26. The maximum atomic E-state index is 12.1. The highest BCUT2D eigenvalue weighted by atomic mass is 16.5. The number of anilines is 2. The molecule has 1 aromatic carbocycles. The molecule has 0 spiro atoms. The highest BCUT2D eigenvalue weighted by Gasteiger charge is 2.20. The lowest BCUT2D eigenvalue weighted by Crippen LogP contribution is -2.33. The molecule has 1 aromatic heterocycles. The van der Waals surface area contributed by atoms with Crippen molar-refractivity contribution in [2.75, 3.05) is 10.4 Å². The number of aromatic nitrogens is 2. The van der Waals surface area contributed by atoms with E-state index in [1.165, 1.54) is 11.5 Å². The fourth-order valence-corrected chi connectivity index (χ4v) is 2.84. The van der Waals surface area contributed by atoms with E-state index >= 15 is 0 Å². The molecule has 0 atom stereocenters. The van der Waals surface area contributed by atoms with Crippen LogP contribution in [0.5, 0.6) is 0 Å². The van der Waals surface area contributed by atoms with Gasteiger partial charge in [0.2, 0.25) is 5.95 Å². The van der Waals surface area contributed by atoms with E-state index < -0.39 is 0 Å². The summed E-state index contributed by atoms with van der Waals surface area (Å²) in [4.78, 5) is 20.0. The Bertz CT molecular complexity index is 639. The number of nitrogens with zero attached hydrogens (tertiary/aromatic N) is 3. The molecule has 1 aliphatic rings. The van der Waals surface area contributed by atoms with Gasteiger partial charge in [-0.1, -0.05) is 19.3 Å². The van der Waals surface area contributed by atoms with Gasteiger partial charge < -0.3 is 0 Å². The van der Waals surface area contributed by atoms with Crippen molar-refractivity contribution in [1.29, 1.82) is 0 Å². The fourth-order valence-electron chi connectivity index (χ4n) is 2.84. The average Bonchev–Trinajstić information content (AvgIpc) is 2.63. The molecule has 23 heavy (non-hydrogen) atoms. The molecule has 1 amide bonds. The highest BCUT2D eigenvalue weighted by molar-refractivity contribution is 6.03. The van der Waals surface area contributed by atoms with Crippen molar-refractivity contribution in [3.63, 3.8) is 0 Å². The summed E-state index contributed by atoms with van der Waals surface area (Å²) < 4.78 is 0. The first kappa shape index (κ1) is 15.4. The molecule has 0 saturated heterocycles. The van der Waals surface area contributed by atoms with Crippen LogP contribution in [0.1, 0.15) is 42.5 Å². The summed E-state index contributed by atoms with van der Waals surface area (Å²) >= 11 is 0. The lowest BCUT2D eigenvalue weighted by molar-refractivity contribution is 0.102. The largest absolute Gasteiger partial charge is 0.290 e. The summed E-state index contributed by atoms with van der Waals surface area (Å²) in [5.41, 5.74) is 1.21. The van der Waals surface area contributed by atoms with Crippen LogP contribution in [0.15, 0.2) is 42.7 Å². The fraction of sp³-hybridized carbons (Fsp3) is 0.353. The Kier molecular flexibility index (Phi) is 4.83. The van der Waals surface area contributed by atoms with Crippen molar-refractivity contribution >= 4 is 17.5 Å². The van der Waals surface area contributed by atoms with Gasteiger partial charge in [0.25, 0.3) is 5.91 Å². The Balaban J connectivity index is 1.65. The number of hydrogen-bond donors (Lipinski definition) is 2. The van der Waals surface area contributed by atoms with E-state index in [1.807, 2.05) is 0 Å². The van der Waals surface area contributed by atoms with Crippen LogP contribution >= 0.6 is 0 Å².